The van der Waals surface area contributed by atoms with Crippen LogP contribution in [-0.2, 0) is 0 Å². The zero-order chi connectivity index (χ0) is 15.2. The standard InChI is InChI=1S/C18H14N5/c1-2-15-10-22-7-8-23(12-22)11-16-4-6-18(21-16)17-5-3-14(20-17)9-13(1)19-15/h1-12,19,21H/q+1. The van der Waals surface area contributed by atoms with Gasteiger partial charge in [0.1, 0.15) is 24.8 Å². The van der Waals surface area contributed by atoms with Gasteiger partial charge in [-0.05, 0) is 42.5 Å². The molecule has 0 aliphatic carbocycles. The van der Waals surface area contributed by atoms with Crippen LogP contribution in [0.3, 0.4) is 0 Å². The van der Waals surface area contributed by atoms with Gasteiger partial charge in [0.15, 0.2) is 0 Å². The first-order chi connectivity index (χ1) is 11.3. The van der Waals surface area contributed by atoms with E-state index in [2.05, 4.69) is 39.2 Å². The van der Waals surface area contributed by atoms with E-state index in [-0.39, 0.29) is 0 Å². The number of hydrogen-bond donors (Lipinski definition) is 2. The minimum absolute atomic E-state index is 0.945. The van der Waals surface area contributed by atoms with Crippen molar-refractivity contribution in [1.29, 1.82) is 0 Å². The van der Waals surface area contributed by atoms with Gasteiger partial charge in [0.25, 0.3) is 6.33 Å². The van der Waals surface area contributed by atoms with Crippen LogP contribution in [0, 0.1) is 0 Å². The van der Waals surface area contributed by atoms with Crippen LogP contribution in [0.25, 0.3) is 34.2 Å². The Balaban J connectivity index is 1.93. The van der Waals surface area contributed by atoms with Crippen molar-refractivity contribution in [1.82, 2.24) is 19.4 Å². The van der Waals surface area contributed by atoms with Crippen molar-refractivity contribution < 1.29 is 4.40 Å². The van der Waals surface area contributed by atoms with Crippen molar-refractivity contribution in [3.8, 4) is 0 Å². The van der Waals surface area contributed by atoms with Crippen LogP contribution in [-0.4, -0.2) is 19.4 Å². The Labute approximate surface area is 131 Å². The first-order valence-corrected chi connectivity index (χ1v) is 7.47. The number of fused-ring (bicyclic) bond motifs is 9. The van der Waals surface area contributed by atoms with Crippen molar-refractivity contribution in [3.05, 3.63) is 72.8 Å². The molecule has 0 fully saturated rings. The third kappa shape index (κ3) is 2.19. The lowest BCUT2D eigenvalue weighted by Gasteiger charge is -1.85. The second-order valence-corrected chi connectivity index (χ2v) is 5.66. The summed E-state index contributed by atoms with van der Waals surface area (Å²) in [5, 5.41) is 0. The number of nitrogens with one attached hydrogen (secondary N) is 2. The van der Waals surface area contributed by atoms with Crippen LogP contribution >= 0.6 is 0 Å². The van der Waals surface area contributed by atoms with E-state index in [1.165, 1.54) is 0 Å². The summed E-state index contributed by atoms with van der Waals surface area (Å²) >= 11 is 0. The second-order valence-electron chi connectivity index (χ2n) is 5.66. The van der Waals surface area contributed by atoms with Gasteiger partial charge in [-0.25, -0.2) is 13.8 Å². The van der Waals surface area contributed by atoms with E-state index < -0.39 is 0 Å². The van der Waals surface area contributed by atoms with Gasteiger partial charge in [0, 0.05) is 5.52 Å². The first-order valence-electron chi connectivity index (χ1n) is 7.47. The van der Waals surface area contributed by atoms with E-state index in [4.69, 9.17) is 0 Å². The van der Waals surface area contributed by atoms with E-state index in [0.29, 0.717) is 0 Å². The fourth-order valence-electron chi connectivity index (χ4n) is 2.85. The minimum Gasteiger partial charge on any atom is -0.353 e. The molecule has 110 valence electrons. The average molecular weight is 300 g/mol. The third-order valence-corrected chi connectivity index (χ3v) is 3.93. The van der Waals surface area contributed by atoms with Gasteiger partial charge < -0.3 is 9.97 Å². The summed E-state index contributed by atoms with van der Waals surface area (Å²) in [7, 11) is 0. The van der Waals surface area contributed by atoms with Crippen molar-refractivity contribution >= 4 is 34.2 Å². The highest BCUT2D eigenvalue weighted by Crippen LogP contribution is 2.16. The Bertz CT molecular complexity index is 1170. The largest absolute Gasteiger partial charge is 0.353 e. The molecule has 5 heteroatoms. The molecule has 4 aromatic heterocycles. The molecule has 1 aliphatic rings. The quantitative estimate of drug-likeness (QED) is 0.424. The van der Waals surface area contributed by atoms with Crippen molar-refractivity contribution in [3.63, 3.8) is 0 Å². The summed E-state index contributed by atoms with van der Waals surface area (Å²) in [5.74, 6) is 0. The molecule has 0 atom stereocenters. The SMILES string of the molecule is C1=Cc2nc1cc1ccc(c[n+]3ccn(cc4ccc2[nH]4)c3)[nH]1. The van der Waals surface area contributed by atoms with E-state index in [1.54, 1.807) is 0 Å². The highest BCUT2D eigenvalue weighted by atomic mass is 15.0. The zero-order valence-electron chi connectivity index (χ0n) is 12.3. The normalized spacial score (nSPS) is 12.2. The summed E-state index contributed by atoms with van der Waals surface area (Å²) in [6.45, 7) is 0. The Morgan fingerprint density at radius 2 is 1.87 bits per heavy atom. The molecule has 0 spiro atoms. The van der Waals surface area contributed by atoms with Gasteiger partial charge >= 0.3 is 0 Å². The van der Waals surface area contributed by atoms with Crippen LogP contribution in [0.4, 0.5) is 0 Å². The van der Waals surface area contributed by atoms with Gasteiger partial charge in [-0.3, -0.25) is 0 Å². The molecule has 0 saturated carbocycles. The molecule has 8 bridgehead atoms. The summed E-state index contributed by atoms with van der Waals surface area (Å²) in [4.78, 5) is 11.4. The van der Waals surface area contributed by atoms with Crippen LogP contribution in [0.2, 0.25) is 0 Å². The van der Waals surface area contributed by atoms with E-state index in [9.17, 15) is 0 Å². The number of H-pyrrole nitrogens is 2. The molecule has 0 saturated heterocycles. The molecule has 0 aromatic carbocycles. The van der Waals surface area contributed by atoms with Gasteiger partial charge in [-0.2, -0.15) is 0 Å². The molecule has 1 aliphatic heterocycles. The highest BCUT2D eigenvalue weighted by Gasteiger charge is 2.03. The maximum absolute atomic E-state index is 4.67. The molecular formula is C18H14N5+. The number of aromatic amines is 2. The van der Waals surface area contributed by atoms with Crippen molar-refractivity contribution in [2.24, 2.45) is 0 Å². The lowest BCUT2D eigenvalue weighted by molar-refractivity contribution is -0.537. The summed E-state index contributed by atoms with van der Waals surface area (Å²) in [5.41, 5.74) is 6.03. The smallest absolute Gasteiger partial charge is 0.253 e. The lowest BCUT2D eigenvalue weighted by atomic mass is 10.3. The maximum Gasteiger partial charge on any atom is 0.253 e. The number of hydrogen-bond acceptors (Lipinski definition) is 1. The fourth-order valence-corrected chi connectivity index (χ4v) is 2.85. The number of aromatic nitrogens is 5. The van der Waals surface area contributed by atoms with Crippen LogP contribution in [0.15, 0.2) is 61.4 Å². The molecule has 0 radical (unpaired) electrons. The predicted octanol–water partition coefficient (Wildman–Crippen LogP) is 3.05. The predicted molar refractivity (Wildman–Crippen MR) is 89.9 cm³/mol. The molecular weight excluding hydrogens is 286 g/mol. The highest BCUT2D eigenvalue weighted by molar-refractivity contribution is 5.80. The van der Waals surface area contributed by atoms with Gasteiger partial charge in [0.05, 0.1) is 27.9 Å². The Hall–Kier alpha value is -3.34. The van der Waals surface area contributed by atoms with Gasteiger partial charge in [-0.1, -0.05) is 0 Å². The van der Waals surface area contributed by atoms with Crippen molar-refractivity contribution in [2.75, 3.05) is 0 Å². The topological polar surface area (TPSA) is 53.0 Å². The minimum atomic E-state index is 0.945. The Kier molecular flexibility index (Phi) is 2.43. The number of rotatable bonds is 0. The summed E-state index contributed by atoms with van der Waals surface area (Å²) < 4.78 is 4.04. The monoisotopic (exact) mass is 300 g/mol. The Morgan fingerprint density at radius 3 is 2.87 bits per heavy atom. The van der Waals surface area contributed by atoms with Gasteiger partial charge in [0.2, 0.25) is 0 Å². The number of imidazole rings is 1. The van der Waals surface area contributed by atoms with Crippen LogP contribution < -0.4 is 4.40 Å². The first kappa shape index (κ1) is 12.2. The van der Waals surface area contributed by atoms with Crippen molar-refractivity contribution in [2.45, 2.75) is 0 Å². The molecule has 5 rings (SSSR count). The van der Waals surface area contributed by atoms with Crippen LogP contribution in [0.1, 0.15) is 11.4 Å². The Morgan fingerprint density at radius 1 is 0.957 bits per heavy atom. The fraction of sp³-hybridized carbons (Fsp3) is 0. The van der Waals surface area contributed by atoms with Gasteiger partial charge in [-0.15, -0.1) is 0 Å². The molecule has 5 nitrogen and oxygen atoms in total. The molecule has 5 heterocycles. The zero-order valence-corrected chi connectivity index (χ0v) is 12.3. The molecule has 0 amide bonds. The van der Waals surface area contributed by atoms with E-state index in [1.807, 2.05) is 58.1 Å². The molecule has 0 unspecified atom stereocenters. The average Bonchev–Trinajstić information content (AvgIpc) is 3.28. The summed E-state index contributed by atoms with van der Waals surface area (Å²) in [6, 6.07) is 10.3. The molecule has 2 N–H and O–H groups in total. The number of nitrogens with zero attached hydrogens (tertiary/aromatic N) is 3. The molecule has 4 aromatic rings. The molecule has 23 heavy (non-hydrogen) atoms. The van der Waals surface area contributed by atoms with E-state index >= 15 is 0 Å². The summed E-state index contributed by atoms with van der Waals surface area (Å²) in [6.07, 6.45) is 14.2. The van der Waals surface area contributed by atoms with E-state index in [0.717, 1.165) is 33.5 Å². The third-order valence-electron chi connectivity index (χ3n) is 3.93. The lowest BCUT2D eigenvalue weighted by Crippen LogP contribution is -2.13. The maximum atomic E-state index is 4.67. The van der Waals surface area contributed by atoms with Crippen LogP contribution in [0.5, 0.6) is 0 Å². The second kappa shape index (κ2) is 4.58.